The largest absolute Gasteiger partial charge is 0.286 e. The van der Waals surface area contributed by atoms with Crippen LogP contribution in [-0.2, 0) is 16.6 Å². The number of nitrogens with one attached hydrogen (secondary N) is 1. The molecule has 0 aliphatic carbocycles. The first-order valence-corrected chi connectivity index (χ1v) is 11.2. The normalized spacial score (nSPS) is 12.6. The molecule has 2 heterocycles. The van der Waals surface area contributed by atoms with E-state index < -0.39 is 15.6 Å². The molecule has 160 valence electrons. The Balaban J connectivity index is 2.03. The third-order valence-electron chi connectivity index (χ3n) is 4.92. The third-order valence-corrected chi connectivity index (χ3v) is 6.45. The maximum Gasteiger partial charge on any atom is 0.278 e. The van der Waals surface area contributed by atoms with E-state index in [1.165, 1.54) is 14.1 Å². The Kier molecular flexibility index (Phi) is 6.12. The minimum absolute atomic E-state index is 0.0144. The van der Waals surface area contributed by atoms with Gasteiger partial charge in [0.1, 0.15) is 0 Å². The van der Waals surface area contributed by atoms with E-state index in [2.05, 4.69) is 9.71 Å². The summed E-state index contributed by atoms with van der Waals surface area (Å²) in [6.07, 6.45) is 5.78. The molecule has 0 saturated carbocycles. The zero-order chi connectivity index (χ0) is 22.1. The van der Waals surface area contributed by atoms with E-state index in [9.17, 15) is 13.2 Å². The van der Waals surface area contributed by atoms with E-state index in [4.69, 9.17) is 0 Å². The van der Waals surface area contributed by atoms with E-state index in [-0.39, 0.29) is 12.5 Å². The van der Waals surface area contributed by atoms with Crippen LogP contribution in [0.3, 0.4) is 0 Å². The molecule has 0 atom stereocenters. The van der Waals surface area contributed by atoms with Gasteiger partial charge < -0.3 is 0 Å². The molecule has 3 aromatic rings. The first kappa shape index (κ1) is 22.1. The van der Waals surface area contributed by atoms with Crippen molar-refractivity contribution in [2.24, 2.45) is 5.41 Å². The maximum absolute atomic E-state index is 13.1. The molecule has 3 rings (SSSR count). The number of hydrogen-bond acceptors (Lipinski definition) is 4. The molecule has 30 heavy (non-hydrogen) atoms. The number of nitrogens with zero attached hydrogens (tertiary/aromatic N) is 3. The molecule has 0 amide bonds. The predicted octanol–water partition coefficient (Wildman–Crippen LogP) is 3.33. The van der Waals surface area contributed by atoms with Crippen molar-refractivity contribution in [2.75, 3.05) is 20.6 Å². The summed E-state index contributed by atoms with van der Waals surface area (Å²) in [5, 5.41) is 0.939. The van der Waals surface area contributed by atoms with Gasteiger partial charge in [-0.2, -0.15) is 12.7 Å². The van der Waals surface area contributed by atoms with E-state index in [0.29, 0.717) is 6.42 Å². The van der Waals surface area contributed by atoms with Crippen LogP contribution in [0.5, 0.6) is 0 Å². The molecule has 0 radical (unpaired) electrons. The van der Waals surface area contributed by atoms with E-state index in [1.54, 1.807) is 17.0 Å². The molecular weight excluding hydrogens is 400 g/mol. The SMILES string of the molecule is CN(C)S(=O)(=O)NCCc1cn(C(=O)C(C)(C)C)c2cc(-c3ccncc3)ccc12. The highest BCUT2D eigenvalue weighted by atomic mass is 32.2. The number of hydrogen-bond donors (Lipinski definition) is 1. The lowest BCUT2D eigenvalue weighted by Crippen LogP contribution is -2.36. The fraction of sp³-hybridized carbons (Fsp3) is 0.364. The summed E-state index contributed by atoms with van der Waals surface area (Å²) < 4.78 is 29.4. The van der Waals surface area contributed by atoms with Crippen molar-refractivity contribution in [3.63, 3.8) is 0 Å². The van der Waals surface area contributed by atoms with Gasteiger partial charge in [-0.1, -0.05) is 32.9 Å². The zero-order valence-corrected chi connectivity index (χ0v) is 18.8. The lowest BCUT2D eigenvalue weighted by atomic mass is 9.95. The Morgan fingerprint density at radius 3 is 2.37 bits per heavy atom. The van der Waals surface area contributed by atoms with Crippen molar-refractivity contribution in [3.8, 4) is 11.1 Å². The molecule has 0 saturated heterocycles. The summed E-state index contributed by atoms with van der Waals surface area (Å²) in [7, 11) is -0.528. The Morgan fingerprint density at radius 1 is 1.10 bits per heavy atom. The van der Waals surface area contributed by atoms with Crippen molar-refractivity contribution in [3.05, 3.63) is 54.5 Å². The lowest BCUT2D eigenvalue weighted by molar-refractivity contribution is 0.0772. The summed E-state index contributed by atoms with van der Waals surface area (Å²) in [6.45, 7) is 5.91. The zero-order valence-electron chi connectivity index (χ0n) is 18.0. The second-order valence-corrected chi connectivity index (χ2v) is 10.4. The molecule has 0 bridgehead atoms. The van der Waals surface area contributed by atoms with E-state index in [0.717, 1.165) is 31.9 Å². The van der Waals surface area contributed by atoms with Crippen LogP contribution in [0.4, 0.5) is 0 Å². The molecule has 1 aromatic carbocycles. The Labute approximate surface area is 177 Å². The van der Waals surface area contributed by atoms with Crippen LogP contribution in [0, 0.1) is 5.41 Å². The Bertz CT molecular complexity index is 1160. The minimum Gasteiger partial charge on any atom is -0.286 e. The molecule has 0 fully saturated rings. The van der Waals surface area contributed by atoms with E-state index >= 15 is 0 Å². The van der Waals surface area contributed by atoms with Crippen LogP contribution >= 0.6 is 0 Å². The number of carbonyl (C=O) groups excluding carboxylic acids is 1. The topological polar surface area (TPSA) is 84.3 Å². The fourth-order valence-corrected chi connectivity index (χ4v) is 3.81. The number of rotatable bonds is 6. The quantitative estimate of drug-likeness (QED) is 0.653. The van der Waals surface area contributed by atoms with Gasteiger partial charge in [0.05, 0.1) is 5.52 Å². The first-order valence-electron chi connectivity index (χ1n) is 9.77. The van der Waals surface area contributed by atoms with Gasteiger partial charge in [-0.15, -0.1) is 0 Å². The Morgan fingerprint density at radius 2 is 1.77 bits per heavy atom. The molecule has 2 aromatic heterocycles. The fourth-order valence-electron chi connectivity index (χ4n) is 3.19. The molecule has 0 aliphatic heterocycles. The van der Waals surface area contributed by atoms with Crippen molar-refractivity contribution in [1.29, 1.82) is 0 Å². The summed E-state index contributed by atoms with van der Waals surface area (Å²) in [4.78, 5) is 17.2. The predicted molar refractivity (Wildman–Crippen MR) is 120 cm³/mol. The molecule has 7 nitrogen and oxygen atoms in total. The standard InChI is InChI=1S/C22H28N4O3S/c1-22(2,3)21(27)26-15-18(10-13-24-30(28,29)25(4)5)19-7-6-17(14-20(19)26)16-8-11-23-12-9-16/h6-9,11-12,14-15,24H,10,13H2,1-5H3. The average Bonchev–Trinajstić information content (AvgIpc) is 3.05. The van der Waals surface area contributed by atoms with Crippen LogP contribution in [0.1, 0.15) is 31.1 Å². The molecule has 1 N–H and O–H groups in total. The second kappa shape index (κ2) is 8.29. The van der Waals surface area contributed by atoms with Gasteiger partial charge >= 0.3 is 0 Å². The average molecular weight is 429 g/mol. The molecule has 0 unspecified atom stereocenters. The minimum atomic E-state index is -3.49. The second-order valence-electron chi connectivity index (χ2n) is 8.48. The van der Waals surface area contributed by atoms with Gasteiger partial charge in [0.25, 0.3) is 10.2 Å². The molecule has 0 aliphatic rings. The maximum atomic E-state index is 13.1. The number of aromatic nitrogens is 2. The van der Waals surface area contributed by atoms with Gasteiger partial charge in [0.2, 0.25) is 5.91 Å². The van der Waals surface area contributed by atoms with Crippen LogP contribution in [0.25, 0.3) is 22.0 Å². The molecule has 8 heteroatoms. The van der Waals surface area contributed by atoms with Gasteiger partial charge in [-0.05, 0) is 41.3 Å². The monoisotopic (exact) mass is 428 g/mol. The third kappa shape index (κ3) is 4.61. The number of carbonyl (C=O) groups is 1. The number of benzene rings is 1. The Hall–Kier alpha value is -2.55. The first-order chi connectivity index (χ1) is 14.0. The summed E-state index contributed by atoms with van der Waals surface area (Å²) >= 11 is 0. The summed E-state index contributed by atoms with van der Waals surface area (Å²) in [5.74, 6) is -0.0144. The van der Waals surface area contributed by atoms with Crippen molar-refractivity contribution in [1.82, 2.24) is 18.6 Å². The summed E-state index contributed by atoms with van der Waals surface area (Å²) in [5.41, 5.74) is 3.19. The van der Waals surface area contributed by atoms with Crippen molar-refractivity contribution in [2.45, 2.75) is 27.2 Å². The van der Waals surface area contributed by atoms with Crippen LogP contribution in [-0.4, -0.2) is 48.8 Å². The highest BCUT2D eigenvalue weighted by Gasteiger charge is 2.25. The highest BCUT2D eigenvalue weighted by molar-refractivity contribution is 7.87. The van der Waals surface area contributed by atoms with Crippen molar-refractivity contribution >= 4 is 27.0 Å². The molecule has 0 spiro atoms. The number of pyridine rings is 1. The molecular formula is C22H28N4O3S. The van der Waals surface area contributed by atoms with Crippen molar-refractivity contribution < 1.29 is 13.2 Å². The van der Waals surface area contributed by atoms with Crippen LogP contribution in [0.2, 0.25) is 0 Å². The smallest absolute Gasteiger partial charge is 0.278 e. The van der Waals surface area contributed by atoms with Gasteiger partial charge in [0, 0.05) is 50.0 Å². The van der Waals surface area contributed by atoms with E-state index in [1.807, 2.05) is 57.3 Å². The summed E-state index contributed by atoms with van der Waals surface area (Å²) in [6, 6.07) is 9.86. The van der Waals surface area contributed by atoms with Crippen LogP contribution in [0.15, 0.2) is 48.9 Å². The van der Waals surface area contributed by atoms with Gasteiger partial charge in [-0.25, -0.2) is 4.72 Å². The number of fused-ring (bicyclic) bond motifs is 1. The lowest BCUT2D eigenvalue weighted by Gasteiger charge is -2.18. The highest BCUT2D eigenvalue weighted by Crippen LogP contribution is 2.30. The van der Waals surface area contributed by atoms with Crippen LogP contribution < -0.4 is 4.72 Å². The van der Waals surface area contributed by atoms with Gasteiger partial charge in [0.15, 0.2) is 0 Å². The van der Waals surface area contributed by atoms with Gasteiger partial charge in [-0.3, -0.25) is 14.3 Å².